The zero-order chi connectivity index (χ0) is 25.3. The van der Waals surface area contributed by atoms with Gasteiger partial charge in [0.25, 0.3) is 0 Å². The first-order valence-corrected chi connectivity index (χ1v) is 12.1. The zero-order valence-corrected chi connectivity index (χ0v) is 20.7. The number of carbonyl (C=O) groups is 3. The number of unbranched alkanes of at least 4 members (excludes halogenated alkanes) is 4. The first-order chi connectivity index (χ1) is 16.3. The number of rotatable bonds is 16. The Hall–Kier alpha value is -3.09. The molecule has 34 heavy (non-hydrogen) atoms. The van der Waals surface area contributed by atoms with Crippen LogP contribution in [0.4, 0.5) is 0 Å². The van der Waals surface area contributed by atoms with Crippen molar-refractivity contribution in [1.29, 1.82) is 0 Å². The van der Waals surface area contributed by atoms with E-state index in [0.29, 0.717) is 0 Å². The van der Waals surface area contributed by atoms with E-state index in [1.807, 2.05) is 12.2 Å². The Bertz CT molecular complexity index is 802. The van der Waals surface area contributed by atoms with Gasteiger partial charge in [0.2, 0.25) is 11.8 Å². The molecule has 0 fully saturated rings. The Balaban J connectivity index is 2.84. The summed E-state index contributed by atoms with van der Waals surface area (Å²) in [7, 11) is 0. The molecule has 7 heteroatoms. The molecule has 1 rings (SSSR count). The van der Waals surface area contributed by atoms with Crippen LogP contribution in [0.3, 0.4) is 0 Å². The van der Waals surface area contributed by atoms with E-state index in [-0.39, 0.29) is 37.0 Å². The molecule has 0 bridgehead atoms. The van der Waals surface area contributed by atoms with Crippen molar-refractivity contribution in [2.75, 3.05) is 6.61 Å². The SMILES string of the molecule is C=CCOC(=O)[C@@H](NC(=O)[C@H](Cc1ccc(O)cc1)NC(=O)C/C=C\CCCCCC)C(C)C. The van der Waals surface area contributed by atoms with E-state index in [1.165, 1.54) is 37.5 Å². The van der Waals surface area contributed by atoms with Gasteiger partial charge in [0, 0.05) is 12.8 Å². The van der Waals surface area contributed by atoms with E-state index in [9.17, 15) is 19.5 Å². The highest BCUT2D eigenvalue weighted by molar-refractivity contribution is 5.91. The number of aromatic hydroxyl groups is 1. The van der Waals surface area contributed by atoms with E-state index in [0.717, 1.165) is 18.4 Å². The summed E-state index contributed by atoms with van der Waals surface area (Å²) < 4.78 is 5.11. The van der Waals surface area contributed by atoms with E-state index in [4.69, 9.17) is 4.74 Å². The highest BCUT2D eigenvalue weighted by Crippen LogP contribution is 2.13. The first-order valence-electron chi connectivity index (χ1n) is 12.1. The number of esters is 1. The summed E-state index contributed by atoms with van der Waals surface area (Å²) in [6, 6.07) is 4.69. The minimum absolute atomic E-state index is 0.0520. The molecule has 1 aromatic carbocycles. The fourth-order valence-electron chi connectivity index (χ4n) is 3.31. The second-order valence-electron chi connectivity index (χ2n) is 8.66. The summed E-state index contributed by atoms with van der Waals surface area (Å²) in [5.74, 6) is -1.40. The van der Waals surface area contributed by atoms with Gasteiger partial charge in [-0.15, -0.1) is 0 Å². The smallest absolute Gasteiger partial charge is 0.329 e. The topological polar surface area (TPSA) is 105 Å². The van der Waals surface area contributed by atoms with E-state index < -0.39 is 24.0 Å². The number of phenolic OH excluding ortho intramolecular Hbond substituents is 1. The third kappa shape index (κ3) is 11.7. The summed E-state index contributed by atoms with van der Waals surface area (Å²) >= 11 is 0. The molecular formula is C27H40N2O5. The lowest BCUT2D eigenvalue weighted by Gasteiger charge is -2.24. The molecule has 0 spiro atoms. The summed E-state index contributed by atoms with van der Waals surface area (Å²) in [6.45, 7) is 9.35. The minimum atomic E-state index is -0.886. The van der Waals surface area contributed by atoms with Crippen LogP contribution in [0.5, 0.6) is 5.75 Å². The maximum absolute atomic E-state index is 13.1. The summed E-state index contributed by atoms with van der Waals surface area (Å²) in [4.78, 5) is 38.0. The van der Waals surface area contributed by atoms with Crippen LogP contribution in [0.15, 0.2) is 49.1 Å². The lowest BCUT2D eigenvalue weighted by atomic mass is 10.0. The molecule has 0 radical (unpaired) electrons. The number of benzene rings is 1. The first kappa shape index (κ1) is 28.9. The Morgan fingerprint density at radius 1 is 1.06 bits per heavy atom. The second-order valence-corrected chi connectivity index (χ2v) is 8.66. The van der Waals surface area contributed by atoms with Crippen molar-refractivity contribution >= 4 is 17.8 Å². The number of hydrogen-bond acceptors (Lipinski definition) is 5. The molecule has 0 aliphatic heterocycles. The van der Waals surface area contributed by atoms with Crippen molar-refractivity contribution in [3.8, 4) is 5.75 Å². The van der Waals surface area contributed by atoms with Gasteiger partial charge in [-0.05, 0) is 36.5 Å². The molecule has 7 nitrogen and oxygen atoms in total. The summed E-state index contributed by atoms with van der Waals surface area (Å²) in [5, 5.41) is 15.0. The average Bonchev–Trinajstić information content (AvgIpc) is 2.81. The second kappa shape index (κ2) is 16.5. The third-order valence-corrected chi connectivity index (χ3v) is 5.28. The largest absolute Gasteiger partial charge is 0.508 e. The normalized spacial score (nSPS) is 12.8. The Morgan fingerprint density at radius 3 is 2.38 bits per heavy atom. The quantitative estimate of drug-likeness (QED) is 0.190. The van der Waals surface area contributed by atoms with Gasteiger partial charge in [-0.2, -0.15) is 0 Å². The molecule has 0 unspecified atom stereocenters. The van der Waals surface area contributed by atoms with Crippen LogP contribution in [0, 0.1) is 5.92 Å². The van der Waals surface area contributed by atoms with Crippen LogP contribution >= 0.6 is 0 Å². The summed E-state index contributed by atoms with van der Waals surface area (Å²) in [6.07, 6.45) is 11.2. The number of allylic oxidation sites excluding steroid dienone is 1. The van der Waals surface area contributed by atoms with Crippen LogP contribution in [-0.4, -0.2) is 41.6 Å². The molecule has 2 atom stereocenters. The predicted octanol–water partition coefficient (Wildman–Crippen LogP) is 4.21. The molecule has 0 aliphatic carbocycles. The lowest BCUT2D eigenvalue weighted by Crippen LogP contribution is -2.54. The predicted molar refractivity (Wildman–Crippen MR) is 134 cm³/mol. The molecule has 0 aromatic heterocycles. The average molecular weight is 473 g/mol. The van der Waals surface area contributed by atoms with Crippen molar-refractivity contribution in [2.45, 2.75) is 77.8 Å². The fraction of sp³-hybridized carbons (Fsp3) is 0.519. The zero-order valence-electron chi connectivity index (χ0n) is 20.7. The summed E-state index contributed by atoms with van der Waals surface area (Å²) in [5.41, 5.74) is 0.764. The van der Waals surface area contributed by atoms with Crippen LogP contribution in [0.25, 0.3) is 0 Å². The number of phenols is 1. The number of hydrogen-bond donors (Lipinski definition) is 3. The van der Waals surface area contributed by atoms with E-state index in [2.05, 4.69) is 24.1 Å². The van der Waals surface area contributed by atoms with Crippen molar-refractivity contribution < 1.29 is 24.2 Å². The van der Waals surface area contributed by atoms with Gasteiger partial charge < -0.3 is 20.5 Å². The van der Waals surface area contributed by atoms with Crippen molar-refractivity contribution in [3.05, 3.63) is 54.6 Å². The van der Waals surface area contributed by atoms with Gasteiger partial charge in [-0.25, -0.2) is 4.79 Å². The molecule has 0 saturated heterocycles. The molecule has 3 N–H and O–H groups in total. The van der Waals surface area contributed by atoms with Gasteiger partial charge in [0.1, 0.15) is 24.4 Å². The van der Waals surface area contributed by atoms with Crippen LogP contribution in [0.1, 0.15) is 64.9 Å². The van der Waals surface area contributed by atoms with Gasteiger partial charge in [-0.3, -0.25) is 9.59 Å². The maximum Gasteiger partial charge on any atom is 0.329 e. The number of nitrogens with one attached hydrogen (secondary N) is 2. The minimum Gasteiger partial charge on any atom is -0.508 e. The third-order valence-electron chi connectivity index (χ3n) is 5.28. The molecule has 188 valence electrons. The van der Waals surface area contributed by atoms with Gasteiger partial charge in [-0.1, -0.05) is 77.0 Å². The van der Waals surface area contributed by atoms with Crippen molar-refractivity contribution in [3.63, 3.8) is 0 Å². The Morgan fingerprint density at radius 2 is 1.76 bits per heavy atom. The van der Waals surface area contributed by atoms with E-state index in [1.54, 1.807) is 26.0 Å². The Kier molecular flexibility index (Phi) is 14.1. The highest BCUT2D eigenvalue weighted by atomic mass is 16.5. The number of carbonyl (C=O) groups excluding carboxylic acids is 3. The maximum atomic E-state index is 13.1. The standard InChI is InChI=1S/C27H40N2O5/c1-5-7-8-9-10-11-12-13-24(31)28-23(19-21-14-16-22(30)17-15-21)26(32)29-25(20(3)4)27(33)34-18-6-2/h6,11-12,14-17,20,23,25,30H,2,5,7-10,13,18-19H2,1,3-4H3,(H,28,31)(H,29,32)/b12-11-/t23-,25-/m0/s1. The van der Waals surface area contributed by atoms with Gasteiger partial charge in [0.15, 0.2) is 0 Å². The van der Waals surface area contributed by atoms with Crippen LogP contribution in [0.2, 0.25) is 0 Å². The molecule has 0 saturated carbocycles. The van der Waals surface area contributed by atoms with E-state index >= 15 is 0 Å². The van der Waals surface area contributed by atoms with Gasteiger partial charge in [0.05, 0.1) is 0 Å². The van der Waals surface area contributed by atoms with Crippen LogP contribution in [-0.2, 0) is 25.5 Å². The van der Waals surface area contributed by atoms with Crippen molar-refractivity contribution in [1.82, 2.24) is 10.6 Å². The molecule has 0 heterocycles. The van der Waals surface area contributed by atoms with Crippen LogP contribution < -0.4 is 10.6 Å². The number of ether oxygens (including phenoxy) is 1. The fourth-order valence-corrected chi connectivity index (χ4v) is 3.31. The Labute approximate surface area is 203 Å². The monoisotopic (exact) mass is 472 g/mol. The number of amides is 2. The molecular weight excluding hydrogens is 432 g/mol. The lowest BCUT2D eigenvalue weighted by molar-refractivity contribution is -0.148. The highest BCUT2D eigenvalue weighted by Gasteiger charge is 2.29. The molecule has 1 aromatic rings. The molecule has 2 amide bonds. The van der Waals surface area contributed by atoms with Crippen molar-refractivity contribution in [2.24, 2.45) is 5.92 Å². The molecule has 0 aliphatic rings. The van der Waals surface area contributed by atoms with Gasteiger partial charge >= 0.3 is 5.97 Å².